The molecule has 1 heterocycles. The molecule has 1 fully saturated rings. The molecule has 0 saturated carbocycles. The number of ether oxygens (including phenoxy) is 1. The minimum absolute atomic E-state index is 0.0273. The van der Waals surface area contributed by atoms with Gasteiger partial charge in [-0.25, -0.2) is 16.8 Å². The zero-order valence-electron chi connectivity index (χ0n) is 15.6. The summed E-state index contributed by atoms with van der Waals surface area (Å²) in [5.74, 6) is -0.572. The smallest absolute Gasteiger partial charge is 0.255 e. The van der Waals surface area contributed by atoms with Crippen LogP contribution in [0.3, 0.4) is 0 Å². The highest BCUT2D eigenvalue weighted by atomic mass is 32.2. The second-order valence-electron chi connectivity index (χ2n) is 6.69. The summed E-state index contributed by atoms with van der Waals surface area (Å²) >= 11 is 0. The second kappa shape index (κ2) is 8.52. The van der Waals surface area contributed by atoms with Gasteiger partial charge in [0.1, 0.15) is 5.75 Å². The molecular weight excluding hydrogens is 416 g/mol. The van der Waals surface area contributed by atoms with E-state index >= 15 is 0 Å². The van der Waals surface area contributed by atoms with Crippen molar-refractivity contribution in [2.45, 2.75) is 16.6 Å². The van der Waals surface area contributed by atoms with Crippen molar-refractivity contribution < 1.29 is 26.4 Å². The third-order valence-electron chi connectivity index (χ3n) is 4.71. The van der Waals surface area contributed by atoms with Gasteiger partial charge in [-0.1, -0.05) is 30.3 Å². The topological polar surface area (TPSA) is 124 Å². The Hall–Kier alpha value is -2.43. The lowest BCUT2D eigenvalue weighted by Gasteiger charge is -2.20. The first-order valence-corrected chi connectivity index (χ1v) is 12.1. The van der Waals surface area contributed by atoms with Gasteiger partial charge in [-0.2, -0.15) is 4.31 Å². The number of carbonyl (C=O) groups is 1. The van der Waals surface area contributed by atoms with Crippen molar-refractivity contribution in [1.29, 1.82) is 0 Å². The van der Waals surface area contributed by atoms with Crippen LogP contribution >= 0.6 is 0 Å². The van der Waals surface area contributed by atoms with E-state index in [0.717, 1.165) is 0 Å². The normalized spacial score (nSPS) is 19.9. The largest absolute Gasteiger partial charge is 0.484 e. The van der Waals surface area contributed by atoms with Crippen LogP contribution in [-0.2, 0) is 24.7 Å². The molecule has 2 aromatic carbocycles. The summed E-state index contributed by atoms with van der Waals surface area (Å²) in [6.07, 6.45) is 0.186. The van der Waals surface area contributed by atoms with E-state index in [9.17, 15) is 21.6 Å². The van der Waals surface area contributed by atoms with Crippen LogP contribution in [0.1, 0.15) is 17.2 Å². The zero-order chi connectivity index (χ0) is 21.1. The quantitative estimate of drug-likeness (QED) is 0.720. The van der Waals surface area contributed by atoms with Crippen molar-refractivity contribution in [3.63, 3.8) is 0 Å². The summed E-state index contributed by atoms with van der Waals surface area (Å²) in [5, 5.41) is -0.728. The van der Waals surface area contributed by atoms with Crippen molar-refractivity contribution in [2.24, 2.45) is 5.73 Å². The molecule has 10 heteroatoms. The SMILES string of the molecule is NC(=O)COc1ccc(S(=O)(=O)N2CCC(c3ccccc3)S(=O)(=O)CC2)cc1. The number of primary amides is 1. The number of nitrogens with two attached hydrogens (primary N) is 1. The molecule has 156 valence electrons. The highest BCUT2D eigenvalue weighted by Crippen LogP contribution is 2.31. The van der Waals surface area contributed by atoms with E-state index in [1.165, 1.54) is 28.6 Å². The van der Waals surface area contributed by atoms with Gasteiger partial charge in [-0.05, 0) is 36.2 Å². The summed E-state index contributed by atoms with van der Waals surface area (Å²) in [4.78, 5) is 10.8. The molecule has 1 atom stereocenters. The maximum atomic E-state index is 13.0. The van der Waals surface area contributed by atoms with Crippen LogP contribution in [0.25, 0.3) is 0 Å². The van der Waals surface area contributed by atoms with Crippen molar-refractivity contribution in [3.8, 4) is 5.75 Å². The summed E-state index contributed by atoms with van der Waals surface area (Å²) in [6, 6.07) is 14.4. The lowest BCUT2D eigenvalue weighted by molar-refractivity contribution is -0.119. The van der Waals surface area contributed by atoms with Gasteiger partial charge in [0.05, 0.1) is 15.9 Å². The fourth-order valence-corrected chi connectivity index (χ4v) is 6.58. The Morgan fingerprint density at radius 2 is 1.72 bits per heavy atom. The number of carbonyl (C=O) groups excluding carboxylic acids is 1. The molecule has 1 amide bonds. The minimum Gasteiger partial charge on any atom is -0.484 e. The number of benzene rings is 2. The van der Waals surface area contributed by atoms with E-state index in [4.69, 9.17) is 10.5 Å². The molecule has 0 radical (unpaired) electrons. The molecule has 1 aliphatic heterocycles. The molecule has 0 bridgehead atoms. The first-order chi connectivity index (χ1) is 13.7. The van der Waals surface area contributed by atoms with Crippen molar-refractivity contribution in [2.75, 3.05) is 25.4 Å². The summed E-state index contributed by atoms with van der Waals surface area (Å²) < 4.78 is 57.7. The minimum atomic E-state index is -3.87. The highest BCUT2D eigenvalue weighted by Gasteiger charge is 2.35. The van der Waals surface area contributed by atoms with Crippen LogP contribution in [-0.4, -0.2) is 52.5 Å². The maximum Gasteiger partial charge on any atom is 0.255 e. The van der Waals surface area contributed by atoms with Gasteiger partial charge in [-0.3, -0.25) is 4.79 Å². The van der Waals surface area contributed by atoms with Gasteiger partial charge >= 0.3 is 0 Å². The van der Waals surface area contributed by atoms with E-state index in [0.29, 0.717) is 11.3 Å². The van der Waals surface area contributed by atoms with Crippen LogP contribution in [0.2, 0.25) is 0 Å². The molecule has 0 aliphatic carbocycles. The highest BCUT2D eigenvalue weighted by molar-refractivity contribution is 7.92. The van der Waals surface area contributed by atoms with Gasteiger partial charge in [0.2, 0.25) is 10.0 Å². The standard InChI is InChI=1S/C19H22N2O6S2/c20-19(22)14-27-16-6-8-17(9-7-16)29(25,26)21-11-10-18(28(23,24)13-12-21)15-4-2-1-3-5-15/h1-9,18H,10-14H2,(H2,20,22). The van der Waals surface area contributed by atoms with E-state index in [2.05, 4.69) is 0 Å². The molecule has 1 unspecified atom stereocenters. The maximum absolute atomic E-state index is 13.0. The van der Waals surface area contributed by atoms with Crippen LogP contribution in [0.15, 0.2) is 59.5 Å². The third kappa shape index (κ3) is 4.95. The number of nitrogens with zero attached hydrogens (tertiary/aromatic N) is 1. The van der Waals surface area contributed by atoms with Crippen LogP contribution in [0, 0.1) is 0 Å². The Morgan fingerprint density at radius 3 is 2.34 bits per heavy atom. The molecule has 2 aromatic rings. The number of sulfonamides is 1. The van der Waals surface area contributed by atoms with Gasteiger partial charge < -0.3 is 10.5 Å². The molecule has 0 spiro atoms. The lowest BCUT2D eigenvalue weighted by Crippen LogP contribution is -2.33. The molecule has 2 N–H and O–H groups in total. The molecular formula is C19H22N2O6S2. The number of amides is 1. The summed E-state index contributed by atoms with van der Waals surface area (Å²) in [7, 11) is -7.35. The van der Waals surface area contributed by atoms with Gasteiger partial charge in [0.15, 0.2) is 16.4 Å². The predicted octanol–water partition coefficient (Wildman–Crippen LogP) is 1.10. The molecule has 0 aromatic heterocycles. The van der Waals surface area contributed by atoms with Crippen LogP contribution in [0.4, 0.5) is 0 Å². The Morgan fingerprint density at radius 1 is 1.07 bits per heavy atom. The average Bonchev–Trinajstić information content (AvgIpc) is 2.85. The van der Waals surface area contributed by atoms with E-state index in [-0.39, 0.29) is 36.8 Å². The lowest BCUT2D eigenvalue weighted by atomic mass is 10.1. The van der Waals surface area contributed by atoms with E-state index < -0.39 is 31.0 Å². The zero-order valence-corrected chi connectivity index (χ0v) is 17.2. The number of hydrogen-bond acceptors (Lipinski definition) is 6. The average molecular weight is 439 g/mol. The Labute approximate surface area is 170 Å². The Kier molecular flexibility index (Phi) is 6.25. The van der Waals surface area contributed by atoms with Crippen molar-refractivity contribution >= 4 is 25.8 Å². The Bertz CT molecular complexity index is 1070. The first-order valence-electron chi connectivity index (χ1n) is 8.98. The van der Waals surface area contributed by atoms with E-state index in [1.807, 2.05) is 0 Å². The molecule has 8 nitrogen and oxygen atoms in total. The summed E-state index contributed by atoms with van der Waals surface area (Å²) in [5.41, 5.74) is 5.68. The van der Waals surface area contributed by atoms with Crippen LogP contribution < -0.4 is 10.5 Å². The second-order valence-corrected chi connectivity index (χ2v) is 10.9. The number of hydrogen-bond donors (Lipinski definition) is 1. The number of sulfone groups is 1. The number of rotatable bonds is 6. The molecule has 1 saturated heterocycles. The Balaban J connectivity index is 1.79. The van der Waals surface area contributed by atoms with E-state index in [1.54, 1.807) is 30.3 Å². The van der Waals surface area contributed by atoms with Crippen molar-refractivity contribution in [1.82, 2.24) is 4.31 Å². The monoisotopic (exact) mass is 438 g/mol. The molecule has 1 aliphatic rings. The molecule has 29 heavy (non-hydrogen) atoms. The van der Waals surface area contributed by atoms with Crippen LogP contribution in [0.5, 0.6) is 5.75 Å². The predicted molar refractivity (Wildman–Crippen MR) is 107 cm³/mol. The van der Waals surface area contributed by atoms with Gasteiger partial charge in [0.25, 0.3) is 5.91 Å². The fourth-order valence-electron chi connectivity index (χ4n) is 3.22. The summed E-state index contributed by atoms with van der Waals surface area (Å²) in [6.45, 7) is -0.314. The molecule has 3 rings (SSSR count). The van der Waals surface area contributed by atoms with Gasteiger partial charge in [0, 0.05) is 13.1 Å². The third-order valence-corrected chi connectivity index (χ3v) is 8.75. The van der Waals surface area contributed by atoms with Gasteiger partial charge in [-0.15, -0.1) is 0 Å². The van der Waals surface area contributed by atoms with Crippen molar-refractivity contribution in [3.05, 3.63) is 60.2 Å². The fraction of sp³-hybridized carbons (Fsp3) is 0.316. The first kappa shape index (κ1) is 21.3.